The Morgan fingerprint density at radius 1 is 1.12 bits per heavy atom. The fraction of sp³-hybridized carbons (Fsp3) is 0.158. The minimum absolute atomic E-state index is 0.0383. The standard InChI is InChI=1S/C19H17ClN2O2/c20-16-5-3-14(4-6-16)12-19(23)22-10-11-24-17-7-8-18-15(13-17)2-1-9-21-18/h1-9,13H,10-12H2,(H,22,23). The Balaban J connectivity index is 1.44. The van der Waals surface area contributed by atoms with Crippen LogP contribution in [0.5, 0.6) is 5.75 Å². The van der Waals surface area contributed by atoms with E-state index in [-0.39, 0.29) is 5.91 Å². The highest BCUT2D eigenvalue weighted by Crippen LogP contribution is 2.18. The topological polar surface area (TPSA) is 51.2 Å². The lowest BCUT2D eigenvalue weighted by atomic mass is 10.1. The van der Waals surface area contributed by atoms with Crippen LogP contribution in [0.4, 0.5) is 0 Å². The summed E-state index contributed by atoms with van der Waals surface area (Å²) in [5.41, 5.74) is 1.86. The SMILES string of the molecule is O=C(Cc1ccc(Cl)cc1)NCCOc1ccc2ncccc2c1. The Labute approximate surface area is 145 Å². The fourth-order valence-electron chi connectivity index (χ4n) is 2.35. The Morgan fingerprint density at radius 3 is 2.79 bits per heavy atom. The van der Waals surface area contributed by atoms with Gasteiger partial charge in [0.05, 0.1) is 18.5 Å². The van der Waals surface area contributed by atoms with Crippen molar-refractivity contribution in [3.63, 3.8) is 0 Å². The van der Waals surface area contributed by atoms with Gasteiger partial charge in [0.2, 0.25) is 5.91 Å². The third-order valence-corrected chi connectivity index (χ3v) is 3.80. The molecular weight excluding hydrogens is 324 g/mol. The maximum absolute atomic E-state index is 11.9. The number of carbonyl (C=O) groups is 1. The smallest absolute Gasteiger partial charge is 0.224 e. The summed E-state index contributed by atoms with van der Waals surface area (Å²) < 4.78 is 5.67. The van der Waals surface area contributed by atoms with Crippen molar-refractivity contribution in [3.8, 4) is 5.75 Å². The number of nitrogens with one attached hydrogen (secondary N) is 1. The first-order valence-electron chi connectivity index (χ1n) is 7.69. The molecule has 0 fully saturated rings. The van der Waals surface area contributed by atoms with Crippen LogP contribution in [0.3, 0.4) is 0 Å². The quantitative estimate of drug-likeness (QED) is 0.697. The highest BCUT2D eigenvalue weighted by molar-refractivity contribution is 6.30. The number of rotatable bonds is 6. The van der Waals surface area contributed by atoms with Crippen LogP contribution in [0, 0.1) is 0 Å². The van der Waals surface area contributed by atoms with Gasteiger partial charge in [-0.15, -0.1) is 0 Å². The molecule has 1 N–H and O–H groups in total. The lowest BCUT2D eigenvalue weighted by Crippen LogP contribution is -2.29. The first-order chi connectivity index (χ1) is 11.7. The molecule has 0 aliphatic carbocycles. The van der Waals surface area contributed by atoms with Gasteiger partial charge in [-0.3, -0.25) is 9.78 Å². The van der Waals surface area contributed by atoms with E-state index in [0.29, 0.717) is 24.6 Å². The van der Waals surface area contributed by atoms with E-state index in [2.05, 4.69) is 10.3 Å². The van der Waals surface area contributed by atoms with Crippen molar-refractivity contribution in [2.45, 2.75) is 6.42 Å². The molecule has 1 amide bonds. The Hall–Kier alpha value is -2.59. The van der Waals surface area contributed by atoms with Crippen LogP contribution in [-0.2, 0) is 11.2 Å². The number of nitrogens with zero attached hydrogens (tertiary/aromatic N) is 1. The summed E-state index contributed by atoms with van der Waals surface area (Å²) in [6.07, 6.45) is 2.10. The number of amides is 1. The zero-order valence-electron chi connectivity index (χ0n) is 13.0. The third-order valence-electron chi connectivity index (χ3n) is 3.55. The number of ether oxygens (including phenoxy) is 1. The van der Waals surface area contributed by atoms with Crippen molar-refractivity contribution in [1.82, 2.24) is 10.3 Å². The molecule has 24 heavy (non-hydrogen) atoms. The van der Waals surface area contributed by atoms with Crippen molar-refractivity contribution >= 4 is 28.4 Å². The van der Waals surface area contributed by atoms with Crippen LogP contribution >= 0.6 is 11.6 Å². The van der Waals surface area contributed by atoms with Crippen LogP contribution in [0.1, 0.15) is 5.56 Å². The Bertz CT molecular complexity index is 834. The number of halogens is 1. The largest absolute Gasteiger partial charge is 0.492 e. The third kappa shape index (κ3) is 4.46. The molecule has 0 aliphatic rings. The van der Waals surface area contributed by atoms with Crippen molar-refractivity contribution in [2.75, 3.05) is 13.2 Å². The number of pyridine rings is 1. The predicted octanol–water partition coefficient (Wildman–Crippen LogP) is 3.63. The predicted molar refractivity (Wildman–Crippen MR) is 95.4 cm³/mol. The summed E-state index contributed by atoms with van der Waals surface area (Å²) in [5, 5.41) is 4.54. The lowest BCUT2D eigenvalue weighted by Gasteiger charge is -2.08. The maximum atomic E-state index is 11.9. The molecule has 0 radical (unpaired) electrons. The van der Waals surface area contributed by atoms with Crippen LogP contribution < -0.4 is 10.1 Å². The second-order valence-corrected chi connectivity index (χ2v) is 5.80. The summed E-state index contributed by atoms with van der Waals surface area (Å²) in [7, 11) is 0. The first-order valence-corrected chi connectivity index (χ1v) is 8.07. The van der Waals surface area contributed by atoms with Gasteiger partial charge < -0.3 is 10.1 Å². The first kappa shape index (κ1) is 16.3. The number of hydrogen-bond donors (Lipinski definition) is 1. The van der Waals surface area contributed by atoms with Crippen LogP contribution in [0.2, 0.25) is 5.02 Å². The average molecular weight is 341 g/mol. The number of benzene rings is 2. The van der Waals surface area contributed by atoms with Crippen molar-refractivity contribution in [1.29, 1.82) is 0 Å². The molecule has 3 aromatic rings. The number of aromatic nitrogens is 1. The van der Waals surface area contributed by atoms with Crippen molar-refractivity contribution in [2.24, 2.45) is 0 Å². The van der Waals surface area contributed by atoms with Gasteiger partial charge in [0.1, 0.15) is 12.4 Å². The van der Waals surface area contributed by atoms with E-state index in [4.69, 9.17) is 16.3 Å². The molecule has 3 rings (SSSR count). The van der Waals surface area contributed by atoms with Crippen molar-refractivity contribution in [3.05, 3.63) is 71.4 Å². The minimum atomic E-state index is -0.0383. The van der Waals surface area contributed by atoms with Crippen molar-refractivity contribution < 1.29 is 9.53 Å². The van der Waals surface area contributed by atoms with E-state index in [1.807, 2.05) is 42.5 Å². The van der Waals surface area contributed by atoms with E-state index in [0.717, 1.165) is 22.2 Å². The van der Waals surface area contributed by atoms with E-state index < -0.39 is 0 Å². The van der Waals surface area contributed by atoms with E-state index in [1.54, 1.807) is 18.3 Å². The monoisotopic (exact) mass is 340 g/mol. The average Bonchev–Trinajstić information content (AvgIpc) is 2.60. The molecule has 1 heterocycles. The molecule has 5 heteroatoms. The van der Waals surface area contributed by atoms with Gasteiger partial charge >= 0.3 is 0 Å². The van der Waals surface area contributed by atoms with Gasteiger partial charge in [0.25, 0.3) is 0 Å². The highest BCUT2D eigenvalue weighted by atomic mass is 35.5. The Morgan fingerprint density at radius 2 is 1.96 bits per heavy atom. The van der Waals surface area contributed by atoms with Gasteiger partial charge in [-0.05, 0) is 42.0 Å². The van der Waals surface area contributed by atoms with E-state index in [1.165, 1.54) is 0 Å². The summed E-state index contributed by atoms with van der Waals surface area (Å²) in [4.78, 5) is 16.1. The van der Waals surface area contributed by atoms with E-state index in [9.17, 15) is 4.79 Å². The fourth-order valence-corrected chi connectivity index (χ4v) is 2.48. The molecular formula is C19H17ClN2O2. The normalized spacial score (nSPS) is 10.5. The molecule has 1 aromatic heterocycles. The van der Waals surface area contributed by atoms with Crippen LogP contribution in [0.15, 0.2) is 60.8 Å². The minimum Gasteiger partial charge on any atom is -0.492 e. The molecule has 0 unspecified atom stereocenters. The maximum Gasteiger partial charge on any atom is 0.224 e. The van der Waals surface area contributed by atoms with Gasteiger partial charge in [-0.1, -0.05) is 29.8 Å². The van der Waals surface area contributed by atoms with Gasteiger partial charge in [0.15, 0.2) is 0 Å². The molecule has 0 aliphatic heterocycles. The molecule has 0 bridgehead atoms. The van der Waals surface area contributed by atoms with Gasteiger partial charge in [-0.25, -0.2) is 0 Å². The molecule has 0 atom stereocenters. The molecule has 2 aromatic carbocycles. The molecule has 0 saturated carbocycles. The van der Waals surface area contributed by atoms with Crippen LogP contribution in [-0.4, -0.2) is 24.0 Å². The zero-order valence-corrected chi connectivity index (χ0v) is 13.8. The molecule has 0 spiro atoms. The number of carbonyl (C=O) groups excluding carboxylic acids is 1. The summed E-state index contributed by atoms with van der Waals surface area (Å²) in [5.74, 6) is 0.728. The second-order valence-electron chi connectivity index (χ2n) is 5.36. The Kier molecular flexibility index (Phi) is 5.29. The number of fused-ring (bicyclic) bond motifs is 1. The summed E-state index contributed by atoms with van der Waals surface area (Å²) >= 11 is 5.82. The number of hydrogen-bond acceptors (Lipinski definition) is 3. The van der Waals surface area contributed by atoms with Gasteiger partial charge in [-0.2, -0.15) is 0 Å². The second kappa shape index (κ2) is 7.79. The summed E-state index contributed by atoms with van der Waals surface area (Å²) in [6.45, 7) is 0.871. The molecule has 122 valence electrons. The lowest BCUT2D eigenvalue weighted by molar-refractivity contribution is -0.120. The van der Waals surface area contributed by atoms with Crippen LogP contribution in [0.25, 0.3) is 10.9 Å². The van der Waals surface area contributed by atoms with E-state index >= 15 is 0 Å². The highest BCUT2D eigenvalue weighted by Gasteiger charge is 2.03. The zero-order chi connectivity index (χ0) is 16.8. The summed E-state index contributed by atoms with van der Waals surface area (Å²) in [6, 6.07) is 16.9. The molecule has 0 saturated heterocycles. The molecule has 4 nitrogen and oxygen atoms in total. The van der Waals surface area contributed by atoms with Gasteiger partial charge in [0, 0.05) is 16.6 Å².